The fourth-order valence-corrected chi connectivity index (χ4v) is 1.86. The number of phenolic OH excluding ortho intramolecular Hbond substituents is 1. The van der Waals surface area contributed by atoms with Gasteiger partial charge in [0.1, 0.15) is 5.75 Å². The molecule has 0 radical (unpaired) electrons. The first kappa shape index (κ1) is 11.8. The lowest BCUT2D eigenvalue weighted by Crippen LogP contribution is -2.01. The Bertz CT molecular complexity index is 525. The van der Waals surface area contributed by atoms with Gasteiger partial charge in [-0.15, -0.1) is 0 Å². The number of phenols is 1. The van der Waals surface area contributed by atoms with E-state index in [1.807, 2.05) is 43.3 Å². The summed E-state index contributed by atoms with van der Waals surface area (Å²) >= 11 is 5.85. The van der Waals surface area contributed by atoms with Crippen LogP contribution in [-0.4, -0.2) is 5.11 Å². The van der Waals surface area contributed by atoms with E-state index in [2.05, 4.69) is 5.32 Å². The highest BCUT2D eigenvalue weighted by Crippen LogP contribution is 2.27. The van der Waals surface area contributed by atoms with E-state index in [9.17, 15) is 5.11 Å². The Hall–Kier alpha value is -1.67. The predicted octanol–water partition coefficient (Wildman–Crippen LogP) is 3.97. The Balaban J connectivity index is 2.13. The van der Waals surface area contributed by atoms with Crippen LogP contribution >= 0.6 is 11.6 Å². The van der Waals surface area contributed by atoms with Gasteiger partial charge in [0, 0.05) is 17.8 Å². The standard InChI is InChI=1S/C14H14ClNO/c1-10-5-2-3-8-13(10)16-9-11-6-4-7-12(15)14(11)17/h2-8,16-17H,9H2,1H3. The van der Waals surface area contributed by atoms with Crippen LogP contribution in [0.25, 0.3) is 0 Å². The summed E-state index contributed by atoms with van der Waals surface area (Å²) in [4.78, 5) is 0. The van der Waals surface area contributed by atoms with Crippen LogP contribution in [0.1, 0.15) is 11.1 Å². The maximum atomic E-state index is 9.77. The third-order valence-electron chi connectivity index (χ3n) is 2.68. The van der Waals surface area contributed by atoms with Crippen molar-refractivity contribution in [3.63, 3.8) is 0 Å². The molecule has 0 saturated carbocycles. The molecule has 0 aliphatic heterocycles. The highest BCUT2D eigenvalue weighted by molar-refractivity contribution is 6.32. The van der Waals surface area contributed by atoms with Crippen molar-refractivity contribution in [2.75, 3.05) is 5.32 Å². The minimum absolute atomic E-state index is 0.148. The largest absolute Gasteiger partial charge is 0.506 e. The van der Waals surface area contributed by atoms with Crippen LogP contribution in [0.4, 0.5) is 5.69 Å². The zero-order chi connectivity index (χ0) is 12.3. The number of nitrogens with one attached hydrogen (secondary N) is 1. The molecule has 0 aromatic heterocycles. The topological polar surface area (TPSA) is 32.3 Å². The maximum Gasteiger partial charge on any atom is 0.139 e. The number of rotatable bonds is 3. The quantitative estimate of drug-likeness (QED) is 0.860. The molecular formula is C14H14ClNO. The molecule has 0 aliphatic carbocycles. The molecule has 2 N–H and O–H groups in total. The lowest BCUT2D eigenvalue weighted by atomic mass is 10.1. The fourth-order valence-electron chi connectivity index (χ4n) is 1.66. The summed E-state index contributed by atoms with van der Waals surface area (Å²) in [6.45, 7) is 2.59. The van der Waals surface area contributed by atoms with Crippen molar-refractivity contribution in [2.24, 2.45) is 0 Å². The van der Waals surface area contributed by atoms with Crippen molar-refractivity contribution in [3.05, 3.63) is 58.6 Å². The van der Waals surface area contributed by atoms with Crippen molar-refractivity contribution < 1.29 is 5.11 Å². The van der Waals surface area contributed by atoms with Crippen molar-refractivity contribution >= 4 is 17.3 Å². The second-order valence-electron chi connectivity index (χ2n) is 3.92. The second kappa shape index (κ2) is 5.11. The van der Waals surface area contributed by atoms with Gasteiger partial charge in [0.2, 0.25) is 0 Å². The number of benzene rings is 2. The average Bonchev–Trinajstić information content (AvgIpc) is 2.33. The molecular weight excluding hydrogens is 234 g/mol. The van der Waals surface area contributed by atoms with Crippen LogP contribution in [0.5, 0.6) is 5.75 Å². The molecule has 88 valence electrons. The zero-order valence-corrected chi connectivity index (χ0v) is 10.3. The predicted molar refractivity (Wildman–Crippen MR) is 71.6 cm³/mol. The van der Waals surface area contributed by atoms with Crippen LogP contribution in [-0.2, 0) is 6.54 Å². The number of hydrogen-bond donors (Lipinski definition) is 2. The molecule has 17 heavy (non-hydrogen) atoms. The van der Waals surface area contributed by atoms with Gasteiger partial charge in [-0.25, -0.2) is 0 Å². The minimum atomic E-state index is 0.148. The van der Waals surface area contributed by atoms with E-state index in [1.165, 1.54) is 5.56 Å². The summed E-state index contributed by atoms with van der Waals surface area (Å²) in [5.74, 6) is 0.148. The first-order valence-corrected chi connectivity index (χ1v) is 5.82. The Kier molecular flexibility index (Phi) is 3.55. The van der Waals surface area contributed by atoms with Crippen molar-refractivity contribution in [1.29, 1.82) is 0 Å². The zero-order valence-electron chi connectivity index (χ0n) is 9.57. The van der Waals surface area contributed by atoms with Crippen LogP contribution in [0.2, 0.25) is 5.02 Å². The first-order valence-electron chi connectivity index (χ1n) is 5.44. The van der Waals surface area contributed by atoms with Gasteiger partial charge < -0.3 is 10.4 Å². The lowest BCUT2D eigenvalue weighted by Gasteiger charge is -2.10. The maximum absolute atomic E-state index is 9.77. The van der Waals surface area contributed by atoms with E-state index in [4.69, 9.17) is 11.6 Å². The molecule has 0 heterocycles. The summed E-state index contributed by atoms with van der Waals surface area (Å²) in [5.41, 5.74) is 3.03. The lowest BCUT2D eigenvalue weighted by molar-refractivity contribution is 0.469. The van der Waals surface area contributed by atoms with Crippen LogP contribution in [0, 0.1) is 6.92 Å². The van der Waals surface area contributed by atoms with Crippen molar-refractivity contribution in [1.82, 2.24) is 0 Å². The van der Waals surface area contributed by atoms with E-state index < -0.39 is 0 Å². The van der Waals surface area contributed by atoms with E-state index >= 15 is 0 Å². The molecule has 2 aromatic carbocycles. The highest BCUT2D eigenvalue weighted by Gasteiger charge is 2.05. The molecule has 0 atom stereocenters. The summed E-state index contributed by atoms with van der Waals surface area (Å²) in [6, 6.07) is 13.4. The Labute approximate surface area is 106 Å². The number of aromatic hydroxyl groups is 1. The third kappa shape index (κ3) is 2.71. The van der Waals surface area contributed by atoms with E-state index in [0.29, 0.717) is 11.6 Å². The van der Waals surface area contributed by atoms with E-state index in [0.717, 1.165) is 11.3 Å². The summed E-state index contributed by atoms with van der Waals surface area (Å²) in [7, 11) is 0. The molecule has 0 aliphatic rings. The van der Waals surface area contributed by atoms with Crippen LogP contribution in [0.15, 0.2) is 42.5 Å². The smallest absolute Gasteiger partial charge is 0.139 e. The number of anilines is 1. The summed E-state index contributed by atoms with van der Waals surface area (Å²) in [5, 5.41) is 13.4. The molecule has 0 spiro atoms. The van der Waals surface area contributed by atoms with E-state index in [-0.39, 0.29) is 5.75 Å². The molecule has 2 nitrogen and oxygen atoms in total. The number of hydrogen-bond acceptors (Lipinski definition) is 2. The first-order chi connectivity index (χ1) is 8.18. The number of aryl methyl sites for hydroxylation is 1. The molecule has 0 unspecified atom stereocenters. The fraction of sp³-hybridized carbons (Fsp3) is 0.143. The third-order valence-corrected chi connectivity index (χ3v) is 2.99. The Morgan fingerprint density at radius 2 is 1.88 bits per heavy atom. The van der Waals surface area contributed by atoms with Crippen LogP contribution in [0.3, 0.4) is 0 Å². The molecule has 0 amide bonds. The monoisotopic (exact) mass is 247 g/mol. The molecule has 2 rings (SSSR count). The summed E-state index contributed by atoms with van der Waals surface area (Å²) in [6.07, 6.45) is 0. The second-order valence-corrected chi connectivity index (χ2v) is 4.32. The molecule has 3 heteroatoms. The van der Waals surface area contributed by atoms with Gasteiger partial charge in [-0.1, -0.05) is 41.9 Å². The summed E-state index contributed by atoms with van der Waals surface area (Å²) < 4.78 is 0. The van der Waals surface area contributed by atoms with Gasteiger partial charge in [0.25, 0.3) is 0 Å². The van der Waals surface area contributed by atoms with Gasteiger partial charge in [-0.05, 0) is 24.6 Å². The van der Waals surface area contributed by atoms with Crippen molar-refractivity contribution in [2.45, 2.75) is 13.5 Å². The highest BCUT2D eigenvalue weighted by atomic mass is 35.5. The van der Waals surface area contributed by atoms with Gasteiger partial charge in [0.05, 0.1) is 5.02 Å². The Morgan fingerprint density at radius 1 is 1.12 bits per heavy atom. The van der Waals surface area contributed by atoms with Crippen molar-refractivity contribution in [3.8, 4) is 5.75 Å². The van der Waals surface area contributed by atoms with Gasteiger partial charge >= 0.3 is 0 Å². The average molecular weight is 248 g/mol. The van der Waals surface area contributed by atoms with Gasteiger partial charge in [-0.2, -0.15) is 0 Å². The SMILES string of the molecule is Cc1ccccc1NCc1cccc(Cl)c1O. The molecule has 0 fully saturated rings. The van der Waals surface area contributed by atoms with Crippen LogP contribution < -0.4 is 5.32 Å². The Morgan fingerprint density at radius 3 is 2.65 bits per heavy atom. The number of para-hydroxylation sites is 2. The molecule has 2 aromatic rings. The normalized spacial score (nSPS) is 10.2. The minimum Gasteiger partial charge on any atom is -0.506 e. The molecule has 0 saturated heterocycles. The molecule has 0 bridgehead atoms. The van der Waals surface area contributed by atoms with E-state index in [1.54, 1.807) is 6.07 Å². The van der Waals surface area contributed by atoms with Gasteiger partial charge in [-0.3, -0.25) is 0 Å². The number of halogens is 1. The van der Waals surface area contributed by atoms with Gasteiger partial charge in [0.15, 0.2) is 0 Å².